The summed E-state index contributed by atoms with van der Waals surface area (Å²) in [7, 11) is 0. The van der Waals surface area contributed by atoms with E-state index in [1.54, 1.807) is 6.07 Å². The summed E-state index contributed by atoms with van der Waals surface area (Å²) in [6, 6.07) is 6.37. The van der Waals surface area contributed by atoms with Crippen molar-refractivity contribution >= 4 is 27.3 Å². The highest BCUT2D eigenvalue weighted by Crippen LogP contribution is 2.31. The highest BCUT2D eigenvalue weighted by molar-refractivity contribution is 9.11. The van der Waals surface area contributed by atoms with E-state index in [2.05, 4.69) is 20.9 Å². The third-order valence-corrected chi connectivity index (χ3v) is 3.79. The average Bonchev–Trinajstić information content (AvgIpc) is 2.60. The van der Waals surface area contributed by atoms with E-state index >= 15 is 0 Å². The molecule has 2 aromatic rings. The Labute approximate surface area is 99.1 Å². The van der Waals surface area contributed by atoms with Crippen LogP contribution in [0.15, 0.2) is 28.1 Å². The van der Waals surface area contributed by atoms with Crippen LogP contribution in [0.1, 0.15) is 5.69 Å². The van der Waals surface area contributed by atoms with Gasteiger partial charge in [-0.1, -0.05) is 12.1 Å². The Kier molecular flexibility index (Phi) is 3.14. The molecule has 1 aromatic heterocycles. The largest absolute Gasteiger partial charge is 0.325 e. The van der Waals surface area contributed by atoms with Crippen LogP contribution in [0, 0.1) is 5.82 Å². The van der Waals surface area contributed by atoms with Crippen LogP contribution >= 0.6 is 27.3 Å². The summed E-state index contributed by atoms with van der Waals surface area (Å²) in [5.74, 6) is -0.256. The SMILES string of the molecule is NCc1nc(-c2cccc(F)c2)sc1Br. The van der Waals surface area contributed by atoms with E-state index in [0.717, 1.165) is 20.1 Å². The Balaban J connectivity index is 2.45. The second-order valence-electron chi connectivity index (χ2n) is 2.95. The standard InChI is InChI=1S/C10H8BrFN2S/c11-9-8(5-13)14-10(15-9)6-2-1-3-7(12)4-6/h1-4H,5,13H2. The second-order valence-corrected chi connectivity index (χ2v) is 5.27. The minimum absolute atomic E-state index is 0.256. The molecule has 0 spiro atoms. The number of rotatable bonds is 2. The molecule has 0 saturated carbocycles. The van der Waals surface area contributed by atoms with Gasteiger partial charge in [0.05, 0.1) is 9.48 Å². The first-order valence-corrected chi connectivity index (χ1v) is 5.93. The quantitative estimate of drug-likeness (QED) is 0.921. The van der Waals surface area contributed by atoms with Crippen LogP contribution in [0.2, 0.25) is 0 Å². The summed E-state index contributed by atoms with van der Waals surface area (Å²) in [6.45, 7) is 0.381. The van der Waals surface area contributed by atoms with Gasteiger partial charge < -0.3 is 5.73 Å². The van der Waals surface area contributed by atoms with Crippen molar-refractivity contribution in [1.82, 2.24) is 4.98 Å². The molecule has 2 N–H and O–H groups in total. The predicted molar refractivity (Wildman–Crippen MR) is 63.1 cm³/mol. The summed E-state index contributed by atoms with van der Waals surface area (Å²) < 4.78 is 13.9. The van der Waals surface area contributed by atoms with Gasteiger partial charge in [0.2, 0.25) is 0 Å². The Hall–Kier alpha value is -0.780. The molecular formula is C10H8BrFN2S. The van der Waals surface area contributed by atoms with E-state index < -0.39 is 0 Å². The van der Waals surface area contributed by atoms with Gasteiger partial charge in [0.25, 0.3) is 0 Å². The van der Waals surface area contributed by atoms with Crippen LogP contribution in [-0.4, -0.2) is 4.98 Å². The maximum absolute atomic E-state index is 13.0. The first-order chi connectivity index (χ1) is 7.20. The van der Waals surface area contributed by atoms with E-state index in [0.29, 0.717) is 6.54 Å². The molecule has 2 rings (SSSR count). The summed E-state index contributed by atoms with van der Waals surface area (Å²) in [6.07, 6.45) is 0. The zero-order chi connectivity index (χ0) is 10.8. The zero-order valence-corrected chi connectivity index (χ0v) is 10.1. The Bertz CT molecular complexity index is 484. The highest BCUT2D eigenvalue weighted by Gasteiger charge is 2.09. The van der Waals surface area contributed by atoms with Crippen molar-refractivity contribution in [3.8, 4) is 10.6 Å². The van der Waals surface area contributed by atoms with Crippen molar-refractivity contribution in [3.63, 3.8) is 0 Å². The van der Waals surface area contributed by atoms with E-state index in [1.807, 2.05) is 6.07 Å². The number of halogens is 2. The fourth-order valence-corrected chi connectivity index (χ4v) is 2.73. The van der Waals surface area contributed by atoms with Crippen molar-refractivity contribution in [2.24, 2.45) is 5.73 Å². The molecule has 0 atom stereocenters. The zero-order valence-electron chi connectivity index (χ0n) is 7.71. The number of hydrogen-bond donors (Lipinski definition) is 1. The Morgan fingerprint density at radius 2 is 2.27 bits per heavy atom. The lowest BCUT2D eigenvalue weighted by atomic mass is 10.2. The maximum Gasteiger partial charge on any atom is 0.124 e. The van der Waals surface area contributed by atoms with Gasteiger partial charge in [-0.15, -0.1) is 11.3 Å². The number of hydrogen-bond acceptors (Lipinski definition) is 3. The molecule has 78 valence electrons. The van der Waals surface area contributed by atoms with E-state index in [9.17, 15) is 4.39 Å². The lowest BCUT2D eigenvalue weighted by molar-refractivity contribution is 0.628. The van der Waals surface area contributed by atoms with Crippen molar-refractivity contribution in [1.29, 1.82) is 0 Å². The van der Waals surface area contributed by atoms with Gasteiger partial charge in [0, 0.05) is 12.1 Å². The van der Waals surface area contributed by atoms with Crippen LogP contribution in [0.4, 0.5) is 4.39 Å². The predicted octanol–water partition coefficient (Wildman–Crippen LogP) is 3.17. The molecule has 0 amide bonds. The molecule has 0 unspecified atom stereocenters. The first-order valence-electron chi connectivity index (χ1n) is 4.32. The molecule has 0 aliphatic rings. The second kappa shape index (κ2) is 4.38. The van der Waals surface area contributed by atoms with Crippen molar-refractivity contribution in [2.75, 3.05) is 0 Å². The number of aromatic nitrogens is 1. The van der Waals surface area contributed by atoms with E-state index in [-0.39, 0.29) is 5.82 Å². The van der Waals surface area contributed by atoms with Crippen LogP contribution in [0.5, 0.6) is 0 Å². The van der Waals surface area contributed by atoms with E-state index in [1.165, 1.54) is 23.5 Å². The molecule has 1 aromatic carbocycles. The van der Waals surface area contributed by atoms with Crippen LogP contribution in [-0.2, 0) is 6.54 Å². The Morgan fingerprint density at radius 3 is 2.87 bits per heavy atom. The highest BCUT2D eigenvalue weighted by atomic mass is 79.9. The molecule has 0 radical (unpaired) electrons. The van der Waals surface area contributed by atoms with Crippen molar-refractivity contribution < 1.29 is 4.39 Å². The molecule has 0 aliphatic heterocycles. The smallest absolute Gasteiger partial charge is 0.124 e. The third kappa shape index (κ3) is 2.25. The minimum atomic E-state index is -0.256. The molecule has 15 heavy (non-hydrogen) atoms. The van der Waals surface area contributed by atoms with Gasteiger partial charge in [0.15, 0.2) is 0 Å². The minimum Gasteiger partial charge on any atom is -0.325 e. The summed E-state index contributed by atoms with van der Waals surface area (Å²) >= 11 is 4.83. The average molecular weight is 287 g/mol. The molecule has 2 nitrogen and oxygen atoms in total. The lowest BCUT2D eigenvalue weighted by Gasteiger charge is -1.94. The maximum atomic E-state index is 13.0. The van der Waals surface area contributed by atoms with Crippen LogP contribution in [0.3, 0.4) is 0 Å². The monoisotopic (exact) mass is 286 g/mol. The Morgan fingerprint density at radius 1 is 1.47 bits per heavy atom. The third-order valence-electron chi connectivity index (χ3n) is 1.91. The molecule has 5 heteroatoms. The number of nitrogens with two attached hydrogens (primary N) is 1. The van der Waals surface area contributed by atoms with Crippen molar-refractivity contribution in [3.05, 3.63) is 39.6 Å². The fraction of sp³-hybridized carbons (Fsp3) is 0.100. The van der Waals surface area contributed by atoms with Gasteiger partial charge in [-0.2, -0.15) is 0 Å². The van der Waals surface area contributed by atoms with Gasteiger partial charge in [0.1, 0.15) is 10.8 Å². The summed E-state index contributed by atoms with van der Waals surface area (Å²) in [5.41, 5.74) is 7.10. The molecule has 0 aliphatic carbocycles. The van der Waals surface area contributed by atoms with Gasteiger partial charge >= 0.3 is 0 Å². The normalized spacial score (nSPS) is 10.6. The lowest BCUT2D eigenvalue weighted by Crippen LogP contribution is -1.96. The molecular weight excluding hydrogens is 279 g/mol. The summed E-state index contributed by atoms with van der Waals surface area (Å²) in [5, 5.41) is 0.779. The molecule has 0 bridgehead atoms. The fourth-order valence-electron chi connectivity index (χ4n) is 1.20. The number of nitrogens with zero attached hydrogens (tertiary/aromatic N) is 1. The van der Waals surface area contributed by atoms with Gasteiger partial charge in [-0.3, -0.25) is 0 Å². The van der Waals surface area contributed by atoms with Gasteiger partial charge in [-0.05, 0) is 28.1 Å². The number of thiazole rings is 1. The molecule has 0 saturated heterocycles. The van der Waals surface area contributed by atoms with E-state index in [4.69, 9.17) is 5.73 Å². The van der Waals surface area contributed by atoms with Crippen molar-refractivity contribution in [2.45, 2.75) is 6.54 Å². The van der Waals surface area contributed by atoms with Crippen LogP contribution < -0.4 is 5.73 Å². The topological polar surface area (TPSA) is 38.9 Å². The summed E-state index contributed by atoms with van der Waals surface area (Å²) in [4.78, 5) is 4.32. The molecule has 1 heterocycles. The molecule has 0 fully saturated rings. The first kappa shape index (κ1) is 10.7. The van der Waals surface area contributed by atoms with Gasteiger partial charge in [-0.25, -0.2) is 9.37 Å². The number of benzene rings is 1. The van der Waals surface area contributed by atoms with Crippen LogP contribution in [0.25, 0.3) is 10.6 Å².